The predicted octanol–water partition coefficient (Wildman–Crippen LogP) is 4.72. The van der Waals surface area contributed by atoms with Crippen molar-refractivity contribution in [2.45, 2.75) is 37.6 Å². The number of hydrogen-bond acceptors (Lipinski definition) is 14. The van der Waals surface area contributed by atoms with Gasteiger partial charge in [-0.2, -0.15) is 0 Å². The molecule has 4 aromatic carbocycles. The summed E-state index contributed by atoms with van der Waals surface area (Å²) in [6.07, 6.45) is -2.93. The van der Waals surface area contributed by atoms with E-state index in [4.69, 9.17) is 23.4 Å². The molecule has 53 heavy (non-hydrogen) atoms. The van der Waals surface area contributed by atoms with E-state index < -0.39 is 65.3 Å². The molecule has 5 atom stereocenters. The van der Waals surface area contributed by atoms with Crippen LogP contribution in [-0.4, -0.2) is 73.3 Å². The summed E-state index contributed by atoms with van der Waals surface area (Å²) in [4.78, 5) is 40.0. The molecule has 0 radical (unpaired) electrons. The molecule has 14 heteroatoms. The van der Waals surface area contributed by atoms with Crippen LogP contribution in [0.5, 0.6) is 34.5 Å². The Kier molecular flexibility index (Phi) is 10.4. The molecule has 1 saturated heterocycles. The summed E-state index contributed by atoms with van der Waals surface area (Å²) in [5, 5.41) is 60.8. The van der Waals surface area contributed by atoms with Gasteiger partial charge in [0.25, 0.3) is 0 Å². The Hall–Kier alpha value is -6.77. The highest BCUT2D eigenvalue weighted by Crippen LogP contribution is 2.38. The van der Waals surface area contributed by atoms with E-state index in [1.165, 1.54) is 79.7 Å². The van der Waals surface area contributed by atoms with Crippen molar-refractivity contribution in [2.75, 3.05) is 0 Å². The molecule has 0 bridgehead atoms. The summed E-state index contributed by atoms with van der Waals surface area (Å²) in [7, 11) is 0. The third kappa shape index (κ3) is 8.25. The van der Waals surface area contributed by atoms with Gasteiger partial charge in [-0.1, -0.05) is 24.3 Å². The molecule has 1 fully saturated rings. The molecule has 14 nitrogen and oxygen atoms in total. The quantitative estimate of drug-likeness (QED) is 0.0894. The van der Waals surface area contributed by atoms with Gasteiger partial charge >= 0.3 is 11.9 Å². The number of ether oxygens (including phenoxy) is 4. The monoisotopic (exact) mass is 724 g/mol. The van der Waals surface area contributed by atoms with Crippen LogP contribution in [0.15, 0.2) is 106 Å². The van der Waals surface area contributed by atoms with Gasteiger partial charge in [-0.05, 0) is 78.7 Å². The van der Waals surface area contributed by atoms with Crippen molar-refractivity contribution >= 4 is 35.1 Å². The van der Waals surface area contributed by atoms with Gasteiger partial charge < -0.3 is 54.0 Å². The molecule has 6 N–H and O–H groups in total. The fraction of sp³-hybridized carbons (Fsp3) is 0.154. The molecule has 0 amide bonds. The standard InChI is InChI=1S/C39H32O14/c1-20-35(51-30(45)16-6-21-2-10-24(40)11-3-21)34(48)38(52-31(46)17-7-22-4-12-25(41)13-5-22)39(49-20)53-37-33(47)32-28(44)18-27(43)19-29(32)50-36(37)23-8-14-26(42)15-9-23/h2-20,34-35,38-44,48H,1H3/b16-6+,17-7+. The lowest BCUT2D eigenvalue weighted by Gasteiger charge is -2.41. The molecular formula is C39H32O14. The van der Waals surface area contributed by atoms with Crippen LogP contribution in [0.1, 0.15) is 18.1 Å². The minimum Gasteiger partial charge on any atom is -0.508 e. The van der Waals surface area contributed by atoms with Crippen LogP contribution in [-0.2, 0) is 23.8 Å². The summed E-state index contributed by atoms with van der Waals surface area (Å²) in [6, 6.07) is 19.3. The summed E-state index contributed by atoms with van der Waals surface area (Å²) in [5.41, 5.74) is 0.154. The van der Waals surface area contributed by atoms with E-state index in [1.807, 2.05) is 0 Å². The third-order valence-electron chi connectivity index (χ3n) is 8.15. The first-order valence-electron chi connectivity index (χ1n) is 16.0. The molecule has 272 valence electrons. The molecule has 5 unspecified atom stereocenters. The minimum atomic E-state index is -1.80. The number of hydrogen-bond donors (Lipinski definition) is 6. The number of esters is 2. The Balaban J connectivity index is 1.35. The van der Waals surface area contributed by atoms with Crippen LogP contribution in [0.4, 0.5) is 0 Å². The van der Waals surface area contributed by atoms with Crippen molar-refractivity contribution in [3.8, 4) is 45.8 Å². The summed E-state index contributed by atoms with van der Waals surface area (Å²) in [5.74, 6) is -3.77. The van der Waals surface area contributed by atoms with Gasteiger partial charge in [0, 0.05) is 29.8 Å². The summed E-state index contributed by atoms with van der Waals surface area (Å²) >= 11 is 0. The van der Waals surface area contributed by atoms with Crippen LogP contribution in [0.2, 0.25) is 0 Å². The Morgan fingerprint density at radius 3 is 1.75 bits per heavy atom. The molecule has 5 aromatic rings. The van der Waals surface area contributed by atoms with Crippen molar-refractivity contribution in [1.29, 1.82) is 0 Å². The van der Waals surface area contributed by atoms with Gasteiger partial charge in [-0.15, -0.1) is 0 Å². The zero-order valence-corrected chi connectivity index (χ0v) is 27.7. The van der Waals surface area contributed by atoms with Gasteiger partial charge in [-0.3, -0.25) is 4.79 Å². The lowest BCUT2D eigenvalue weighted by atomic mass is 9.99. The number of aromatic hydroxyl groups is 5. The first kappa shape index (κ1) is 36.0. The zero-order chi connectivity index (χ0) is 37.8. The number of rotatable bonds is 9. The maximum absolute atomic E-state index is 14.0. The third-order valence-corrected chi connectivity index (χ3v) is 8.15. The first-order valence-corrected chi connectivity index (χ1v) is 16.0. The molecule has 6 rings (SSSR count). The van der Waals surface area contributed by atoms with Gasteiger partial charge in [0.15, 0.2) is 18.0 Å². The van der Waals surface area contributed by atoms with E-state index in [0.717, 1.165) is 24.3 Å². The maximum atomic E-state index is 14.0. The average Bonchev–Trinajstić information content (AvgIpc) is 3.12. The van der Waals surface area contributed by atoms with Crippen LogP contribution >= 0.6 is 0 Å². The highest BCUT2D eigenvalue weighted by molar-refractivity contribution is 5.89. The average molecular weight is 725 g/mol. The largest absolute Gasteiger partial charge is 0.508 e. The normalized spacial score (nSPS) is 20.1. The second-order valence-electron chi connectivity index (χ2n) is 11.9. The SMILES string of the molecule is CC1OC(Oc2c(-c3ccc(O)cc3)oc3cc(O)cc(O)c3c2=O)C(OC(=O)/C=C/c2ccc(O)cc2)C(O)C1OC(=O)/C=C/c1ccc(O)cc1. The highest BCUT2D eigenvalue weighted by atomic mass is 16.7. The zero-order valence-electron chi connectivity index (χ0n) is 27.7. The van der Waals surface area contributed by atoms with Crippen molar-refractivity contribution in [3.05, 3.63) is 118 Å². The van der Waals surface area contributed by atoms with Crippen molar-refractivity contribution in [2.24, 2.45) is 0 Å². The Morgan fingerprint density at radius 2 is 1.21 bits per heavy atom. The van der Waals surface area contributed by atoms with E-state index in [9.17, 15) is 45.0 Å². The van der Waals surface area contributed by atoms with E-state index in [1.54, 1.807) is 12.1 Å². The number of phenolic OH excluding ortho intramolecular Hbond substituents is 5. The number of carbonyl (C=O) groups excluding carboxylic acids is 2. The van der Waals surface area contributed by atoms with Crippen LogP contribution in [0, 0.1) is 0 Å². The number of carbonyl (C=O) groups is 2. The molecule has 0 aliphatic carbocycles. The van der Waals surface area contributed by atoms with E-state index in [2.05, 4.69) is 0 Å². The van der Waals surface area contributed by atoms with Gasteiger partial charge in [0.1, 0.15) is 45.8 Å². The molecular weight excluding hydrogens is 692 g/mol. The maximum Gasteiger partial charge on any atom is 0.331 e. The Bertz CT molecular complexity index is 2240. The minimum absolute atomic E-state index is 0.00905. The van der Waals surface area contributed by atoms with Gasteiger partial charge in [-0.25, -0.2) is 9.59 Å². The van der Waals surface area contributed by atoms with Crippen molar-refractivity contribution in [1.82, 2.24) is 0 Å². The van der Waals surface area contributed by atoms with Gasteiger partial charge in [0.05, 0.1) is 6.10 Å². The lowest BCUT2D eigenvalue weighted by molar-refractivity contribution is -0.275. The number of aliphatic hydroxyl groups is 1. The predicted molar refractivity (Wildman–Crippen MR) is 188 cm³/mol. The molecule has 0 spiro atoms. The fourth-order valence-corrected chi connectivity index (χ4v) is 5.52. The van der Waals surface area contributed by atoms with E-state index in [0.29, 0.717) is 11.1 Å². The highest BCUT2D eigenvalue weighted by Gasteiger charge is 2.49. The van der Waals surface area contributed by atoms with Gasteiger partial charge in [0.2, 0.25) is 17.5 Å². The van der Waals surface area contributed by atoms with E-state index >= 15 is 0 Å². The molecule has 1 aliphatic rings. The topological polar surface area (TPSA) is 223 Å². The molecule has 1 aromatic heterocycles. The Labute approximate surface area is 300 Å². The van der Waals surface area contributed by atoms with Crippen molar-refractivity contribution < 1.29 is 63.6 Å². The number of phenols is 5. The van der Waals surface area contributed by atoms with Crippen LogP contribution < -0.4 is 10.2 Å². The smallest absolute Gasteiger partial charge is 0.331 e. The number of benzene rings is 4. The van der Waals surface area contributed by atoms with Crippen LogP contribution in [0.25, 0.3) is 34.4 Å². The summed E-state index contributed by atoms with van der Waals surface area (Å²) in [6.45, 7) is 1.45. The van der Waals surface area contributed by atoms with Crippen molar-refractivity contribution in [3.63, 3.8) is 0 Å². The fourth-order valence-electron chi connectivity index (χ4n) is 5.52. The lowest BCUT2D eigenvalue weighted by Crippen LogP contribution is -2.61. The molecule has 0 saturated carbocycles. The summed E-state index contributed by atoms with van der Waals surface area (Å²) < 4.78 is 29.1. The van der Waals surface area contributed by atoms with Crippen LogP contribution in [0.3, 0.4) is 0 Å². The van der Waals surface area contributed by atoms with E-state index in [-0.39, 0.29) is 39.5 Å². The number of aliphatic hydroxyl groups excluding tert-OH is 1. The first-order chi connectivity index (χ1) is 25.4. The molecule has 2 heterocycles. The second kappa shape index (κ2) is 15.2. The second-order valence-corrected chi connectivity index (χ2v) is 11.9. The molecule has 1 aliphatic heterocycles. The Morgan fingerprint density at radius 1 is 0.698 bits per heavy atom. The number of fused-ring (bicyclic) bond motifs is 1.